The molecule has 0 N–H and O–H groups in total. The lowest BCUT2D eigenvalue weighted by atomic mass is 10.3. The summed E-state index contributed by atoms with van der Waals surface area (Å²) in [5.74, 6) is 0.286. The summed E-state index contributed by atoms with van der Waals surface area (Å²) in [5, 5.41) is 0. The van der Waals surface area contributed by atoms with E-state index in [9.17, 15) is 4.79 Å². The Morgan fingerprint density at radius 2 is 2.25 bits per heavy atom. The zero-order valence-corrected chi connectivity index (χ0v) is 7.97. The summed E-state index contributed by atoms with van der Waals surface area (Å²) in [7, 11) is 2.07. The molecule has 1 aliphatic carbocycles. The van der Waals surface area contributed by atoms with Gasteiger partial charge in [0.2, 0.25) is 0 Å². The van der Waals surface area contributed by atoms with Gasteiger partial charge in [0.15, 0.2) is 5.78 Å². The molecule has 68 valence electrons. The first-order valence-electron chi connectivity index (χ1n) is 4.68. The molecule has 0 spiro atoms. The molecule has 0 amide bonds. The van der Waals surface area contributed by atoms with E-state index in [0.29, 0.717) is 6.42 Å². The van der Waals surface area contributed by atoms with Crippen LogP contribution in [0.4, 0.5) is 0 Å². The predicted octanol–water partition coefficient (Wildman–Crippen LogP) is 1.97. The Balaban J connectivity index is 2.37. The van der Waals surface area contributed by atoms with E-state index in [0.717, 1.165) is 13.0 Å². The highest BCUT2D eigenvalue weighted by molar-refractivity contribution is 5.92. The maximum absolute atomic E-state index is 10.9. The Kier molecular flexibility index (Phi) is 3.32. The lowest BCUT2D eigenvalue weighted by molar-refractivity contribution is -0.114. The van der Waals surface area contributed by atoms with Gasteiger partial charge in [-0.1, -0.05) is 13.3 Å². The van der Waals surface area contributed by atoms with Crippen molar-refractivity contribution in [3.63, 3.8) is 0 Å². The number of unbranched alkanes of at least 4 members (excludes halogenated alkanes) is 1. The fourth-order valence-corrected chi connectivity index (χ4v) is 1.42. The molecule has 0 atom stereocenters. The van der Waals surface area contributed by atoms with Crippen molar-refractivity contribution in [3.8, 4) is 0 Å². The molecule has 0 saturated carbocycles. The van der Waals surface area contributed by atoms with Crippen LogP contribution in [0.15, 0.2) is 11.8 Å². The van der Waals surface area contributed by atoms with Gasteiger partial charge >= 0.3 is 0 Å². The standard InChI is InChI=1S/C10H17NO/c1-3-4-7-11(2)9-5-6-10(12)8-9/h8H,3-7H2,1-2H3. The number of carbonyl (C=O) groups is 1. The number of nitrogens with zero attached hydrogens (tertiary/aromatic N) is 1. The molecule has 0 bridgehead atoms. The van der Waals surface area contributed by atoms with Gasteiger partial charge in [0, 0.05) is 31.8 Å². The fraction of sp³-hybridized carbons (Fsp3) is 0.700. The molecule has 0 unspecified atom stereocenters. The Hall–Kier alpha value is -0.790. The van der Waals surface area contributed by atoms with Crippen LogP contribution >= 0.6 is 0 Å². The summed E-state index contributed by atoms with van der Waals surface area (Å²) in [6, 6.07) is 0. The SMILES string of the molecule is CCCCN(C)C1=CC(=O)CC1. The van der Waals surface area contributed by atoms with Crippen LogP contribution in [0.5, 0.6) is 0 Å². The molecule has 0 fully saturated rings. The molecule has 2 nitrogen and oxygen atoms in total. The van der Waals surface area contributed by atoms with Crippen molar-refractivity contribution in [2.45, 2.75) is 32.6 Å². The van der Waals surface area contributed by atoms with Gasteiger partial charge in [-0.2, -0.15) is 0 Å². The van der Waals surface area contributed by atoms with Gasteiger partial charge in [-0.25, -0.2) is 0 Å². The van der Waals surface area contributed by atoms with Crippen LogP contribution in [-0.2, 0) is 4.79 Å². The van der Waals surface area contributed by atoms with E-state index in [1.165, 1.54) is 18.5 Å². The highest BCUT2D eigenvalue weighted by Crippen LogP contribution is 2.17. The molecule has 0 saturated heterocycles. The third-order valence-corrected chi connectivity index (χ3v) is 2.29. The van der Waals surface area contributed by atoms with Crippen molar-refractivity contribution in [1.82, 2.24) is 4.90 Å². The quantitative estimate of drug-likeness (QED) is 0.638. The molecule has 0 heterocycles. The topological polar surface area (TPSA) is 20.3 Å². The molecule has 0 aliphatic heterocycles. The van der Waals surface area contributed by atoms with Crippen molar-refractivity contribution >= 4 is 5.78 Å². The average Bonchev–Trinajstić information content (AvgIpc) is 2.47. The van der Waals surface area contributed by atoms with Gasteiger partial charge in [-0.15, -0.1) is 0 Å². The zero-order chi connectivity index (χ0) is 8.97. The average molecular weight is 167 g/mol. The first-order chi connectivity index (χ1) is 5.74. The van der Waals surface area contributed by atoms with E-state index in [4.69, 9.17) is 0 Å². The minimum Gasteiger partial charge on any atom is -0.378 e. The monoisotopic (exact) mass is 167 g/mol. The number of hydrogen-bond donors (Lipinski definition) is 0. The molecular formula is C10H17NO. The minimum atomic E-state index is 0.286. The van der Waals surface area contributed by atoms with Crippen LogP contribution in [0.2, 0.25) is 0 Å². The predicted molar refractivity (Wildman–Crippen MR) is 49.9 cm³/mol. The van der Waals surface area contributed by atoms with Crippen LogP contribution in [0, 0.1) is 0 Å². The smallest absolute Gasteiger partial charge is 0.157 e. The molecular weight excluding hydrogens is 150 g/mol. The van der Waals surface area contributed by atoms with E-state index < -0.39 is 0 Å². The Labute approximate surface area is 74.2 Å². The lowest BCUT2D eigenvalue weighted by Crippen LogP contribution is -2.17. The van der Waals surface area contributed by atoms with Crippen molar-refractivity contribution < 1.29 is 4.79 Å². The molecule has 1 rings (SSSR count). The largest absolute Gasteiger partial charge is 0.378 e. The molecule has 2 heteroatoms. The number of hydrogen-bond acceptors (Lipinski definition) is 2. The fourth-order valence-electron chi connectivity index (χ4n) is 1.42. The summed E-state index contributed by atoms with van der Waals surface area (Å²) >= 11 is 0. The van der Waals surface area contributed by atoms with Crippen molar-refractivity contribution in [1.29, 1.82) is 0 Å². The first-order valence-corrected chi connectivity index (χ1v) is 4.68. The molecule has 0 aromatic rings. The first kappa shape index (κ1) is 9.30. The summed E-state index contributed by atoms with van der Waals surface area (Å²) in [6.45, 7) is 3.26. The van der Waals surface area contributed by atoms with E-state index in [1.54, 1.807) is 6.08 Å². The van der Waals surface area contributed by atoms with Crippen LogP contribution in [-0.4, -0.2) is 24.3 Å². The van der Waals surface area contributed by atoms with Crippen molar-refractivity contribution in [2.75, 3.05) is 13.6 Å². The van der Waals surface area contributed by atoms with Gasteiger partial charge in [-0.05, 0) is 12.8 Å². The molecule has 12 heavy (non-hydrogen) atoms. The van der Waals surface area contributed by atoms with Gasteiger partial charge in [0.25, 0.3) is 0 Å². The molecule has 1 aliphatic rings. The van der Waals surface area contributed by atoms with Crippen molar-refractivity contribution in [2.24, 2.45) is 0 Å². The van der Waals surface area contributed by atoms with E-state index >= 15 is 0 Å². The van der Waals surface area contributed by atoms with Crippen LogP contribution in [0.25, 0.3) is 0 Å². The molecule has 0 aromatic heterocycles. The number of ketones is 1. The third kappa shape index (κ3) is 2.36. The normalized spacial score (nSPS) is 16.5. The Morgan fingerprint density at radius 1 is 1.50 bits per heavy atom. The van der Waals surface area contributed by atoms with E-state index in [2.05, 4.69) is 18.9 Å². The third-order valence-electron chi connectivity index (χ3n) is 2.29. The summed E-state index contributed by atoms with van der Waals surface area (Å²) in [4.78, 5) is 13.1. The van der Waals surface area contributed by atoms with Gasteiger partial charge in [0.05, 0.1) is 0 Å². The summed E-state index contributed by atoms with van der Waals surface area (Å²) in [6.07, 6.45) is 5.87. The van der Waals surface area contributed by atoms with Crippen molar-refractivity contribution in [3.05, 3.63) is 11.8 Å². The van der Waals surface area contributed by atoms with Crippen LogP contribution < -0.4 is 0 Å². The summed E-state index contributed by atoms with van der Waals surface area (Å²) in [5.41, 5.74) is 1.22. The maximum atomic E-state index is 10.9. The number of rotatable bonds is 4. The second kappa shape index (κ2) is 4.29. The van der Waals surface area contributed by atoms with Gasteiger partial charge in [-0.3, -0.25) is 4.79 Å². The van der Waals surface area contributed by atoms with Crippen LogP contribution in [0.1, 0.15) is 32.6 Å². The second-order valence-corrected chi connectivity index (χ2v) is 3.38. The molecule has 0 aromatic carbocycles. The Morgan fingerprint density at radius 3 is 2.75 bits per heavy atom. The highest BCUT2D eigenvalue weighted by atomic mass is 16.1. The highest BCUT2D eigenvalue weighted by Gasteiger charge is 2.14. The number of carbonyl (C=O) groups excluding carboxylic acids is 1. The maximum Gasteiger partial charge on any atom is 0.157 e. The second-order valence-electron chi connectivity index (χ2n) is 3.38. The van der Waals surface area contributed by atoms with Gasteiger partial charge in [0.1, 0.15) is 0 Å². The Bertz CT molecular complexity index is 196. The van der Waals surface area contributed by atoms with E-state index in [-0.39, 0.29) is 5.78 Å². The minimum absolute atomic E-state index is 0.286. The van der Waals surface area contributed by atoms with E-state index in [1.807, 2.05) is 0 Å². The van der Waals surface area contributed by atoms with Crippen LogP contribution in [0.3, 0.4) is 0 Å². The molecule has 0 radical (unpaired) electrons. The zero-order valence-electron chi connectivity index (χ0n) is 7.97. The number of allylic oxidation sites excluding steroid dienone is 2. The lowest BCUT2D eigenvalue weighted by Gasteiger charge is -2.19. The van der Waals surface area contributed by atoms with Gasteiger partial charge < -0.3 is 4.90 Å². The summed E-state index contributed by atoms with van der Waals surface area (Å²) < 4.78 is 0.